The van der Waals surface area contributed by atoms with Crippen LogP contribution >= 0.6 is 0 Å². The topological polar surface area (TPSA) is 87.2 Å². The van der Waals surface area contributed by atoms with Crippen molar-refractivity contribution in [2.24, 2.45) is 5.92 Å². The van der Waals surface area contributed by atoms with Gasteiger partial charge in [0.15, 0.2) is 0 Å². The minimum atomic E-state index is -1.14. The molecule has 120 valence electrons. The van der Waals surface area contributed by atoms with E-state index < -0.39 is 23.7 Å². The van der Waals surface area contributed by atoms with Gasteiger partial charge in [0.25, 0.3) is 0 Å². The molecule has 0 aliphatic carbocycles. The van der Waals surface area contributed by atoms with Crippen molar-refractivity contribution >= 4 is 18.0 Å². The largest absolute Gasteiger partial charge is 0.480 e. The van der Waals surface area contributed by atoms with E-state index in [0.717, 1.165) is 0 Å². The lowest BCUT2D eigenvalue weighted by atomic mass is 10.1. The van der Waals surface area contributed by atoms with Crippen molar-refractivity contribution in [3.05, 3.63) is 0 Å². The first-order chi connectivity index (χ1) is 9.53. The Balaban J connectivity index is 2.83. The fourth-order valence-electron chi connectivity index (χ4n) is 2.10. The first kappa shape index (κ1) is 17.3. The van der Waals surface area contributed by atoms with Gasteiger partial charge in [-0.2, -0.15) is 0 Å². The normalized spacial score (nSPS) is 19.6. The first-order valence-corrected chi connectivity index (χ1v) is 7.04. The van der Waals surface area contributed by atoms with Gasteiger partial charge in [-0.15, -0.1) is 0 Å². The molecular weight excluding hydrogens is 276 g/mol. The lowest BCUT2D eigenvalue weighted by Gasteiger charge is -2.40. The number of rotatable bonds is 2. The Morgan fingerprint density at radius 2 is 1.76 bits per heavy atom. The summed E-state index contributed by atoms with van der Waals surface area (Å²) in [5, 5.41) is 9.31. The number of carbonyl (C=O) groups is 3. The van der Waals surface area contributed by atoms with Crippen LogP contribution in [0.15, 0.2) is 0 Å². The van der Waals surface area contributed by atoms with E-state index in [-0.39, 0.29) is 24.9 Å². The predicted molar refractivity (Wildman–Crippen MR) is 75.8 cm³/mol. The Kier molecular flexibility index (Phi) is 5.20. The second-order valence-corrected chi connectivity index (χ2v) is 6.47. The number of hydrogen-bond acceptors (Lipinski definition) is 4. The van der Waals surface area contributed by atoms with E-state index in [1.165, 1.54) is 9.80 Å². The monoisotopic (exact) mass is 300 g/mol. The number of piperazine rings is 1. The van der Waals surface area contributed by atoms with E-state index in [9.17, 15) is 19.5 Å². The molecule has 7 heteroatoms. The molecule has 0 aromatic heterocycles. The number of aliphatic carboxylic acids is 1. The second-order valence-electron chi connectivity index (χ2n) is 6.47. The van der Waals surface area contributed by atoms with Crippen molar-refractivity contribution < 1.29 is 24.2 Å². The molecule has 0 spiro atoms. The zero-order valence-corrected chi connectivity index (χ0v) is 13.3. The van der Waals surface area contributed by atoms with E-state index in [1.807, 2.05) is 0 Å². The Labute approximate surface area is 124 Å². The summed E-state index contributed by atoms with van der Waals surface area (Å²) in [6, 6.07) is -1.07. The maximum absolute atomic E-state index is 12.1. The van der Waals surface area contributed by atoms with Crippen LogP contribution in [0.25, 0.3) is 0 Å². The second kappa shape index (κ2) is 6.32. The van der Waals surface area contributed by atoms with Crippen LogP contribution in [0.5, 0.6) is 0 Å². The van der Waals surface area contributed by atoms with Crippen LogP contribution in [0.2, 0.25) is 0 Å². The number of carboxylic acid groups (broad SMARTS) is 1. The molecule has 1 heterocycles. The number of carboxylic acids is 1. The molecule has 2 amide bonds. The third-order valence-corrected chi connectivity index (χ3v) is 3.10. The van der Waals surface area contributed by atoms with Crippen LogP contribution in [0, 0.1) is 5.92 Å². The molecule has 1 N–H and O–H groups in total. The van der Waals surface area contributed by atoms with Crippen LogP contribution < -0.4 is 0 Å². The van der Waals surface area contributed by atoms with Crippen molar-refractivity contribution in [2.45, 2.75) is 46.3 Å². The number of nitrogens with zero attached hydrogens (tertiary/aromatic N) is 2. The highest BCUT2D eigenvalue weighted by molar-refractivity contribution is 5.83. The number of ether oxygens (including phenoxy) is 1. The van der Waals surface area contributed by atoms with Crippen molar-refractivity contribution in [1.29, 1.82) is 0 Å². The molecule has 0 aromatic carbocycles. The molecule has 1 unspecified atom stereocenters. The molecule has 1 rings (SSSR count). The highest BCUT2D eigenvalue weighted by Crippen LogP contribution is 2.17. The van der Waals surface area contributed by atoms with E-state index in [1.54, 1.807) is 34.6 Å². The summed E-state index contributed by atoms with van der Waals surface area (Å²) in [5.74, 6) is -1.44. The Bertz CT molecular complexity index is 428. The molecule has 1 fully saturated rings. The number of amides is 2. The first-order valence-electron chi connectivity index (χ1n) is 7.04. The fraction of sp³-hybridized carbons (Fsp3) is 0.786. The Hall–Kier alpha value is -1.79. The van der Waals surface area contributed by atoms with Crippen LogP contribution in [-0.4, -0.2) is 64.2 Å². The summed E-state index contributed by atoms with van der Waals surface area (Å²) < 4.78 is 5.22. The van der Waals surface area contributed by atoms with Gasteiger partial charge in [-0.05, 0) is 20.8 Å². The van der Waals surface area contributed by atoms with Crippen LogP contribution in [-0.2, 0) is 14.3 Å². The maximum atomic E-state index is 12.1. The summed E-state index contributed by atoms with van der Waals surface area (Å²) in [5.41, 5.74) is -0.689. The summed E-state index contributed by atoms with van der Waals surface area (Å²) in [7, 11) is 0. The average Bonchev–Trinajstić information content (AvgIpc) is 2.34. The summed E-state index contributed by atoms with van der Waals surface area (Å²) in [4.78, 5) is 38.1. The van der Waals surface area contributed by atoms with Gasteiger partial charge in [0.05, 0.1) is 6.54 Å². The van der Waals surface area contributed by atoms with Crippen molar-refractivity contribution in [2.75, 3.05) is 19.6 Å². The standard InChI is InChI=1S/C14H24N2O5/c1-9(2)11(17)15-6-7-16(10(8-15)12(18)19)13(20)21-14(3,4)5/h9-10H,6-8H2,1-5H3,(H,18,19). The minimum Gasteiger partial charge on any atom is -0.480 e. The smallest absolute Gasteiger partial charge is 0.411 e. The van der Waals surface area contributed by atoms with Crippen LogP contribution in [0.4, 0.5) is 4.79 Å². The average molecular weight is 300 g/mol. The van der Waals surface area contributed by atoms with Crippen molar-refractivity contribution in [1.82, 2.24) is 9.80 Å². The minimum absolute atomic E-state index is 0.00834. The van der Waals surface area contributed by atoms with E-state index in [4.69, 9.17) is 4.74 Å². The van der Waals surface area contributed by atoms with Gasteiger partial charge in [-0.3, -0.25) is 9.69 Å². The van der Waals surface area contributed by atoms with Crippen molar-refractivity contribution in [3.63, 3.8) is 0 Å². The summed E-state index contributed by atoms with van der Waals surface area (Å²) in [6.07, 6.45) is -0.661. The van der Waals surface area contributed by atoms with Gasteiger partial charge in [-0.1, -0.05) is 13.8 Å². The molecule has 0 radical (unpaired) electrons. The van der Waals surface area contributed by atoms with Gasteiger partial charge >= 0.3 is 12.1 Å². The Morgan fingerprint density at radius 3 is 2.19 bits per heavy atom. The Morgan fingerprint density at radius 1 is 1.19 bits per heavy atom. The van der Waals surface area contributed by atoms with Gasteiger partial charge < -0.3 is 14.7 Å². The third-order valence-electron chi connectivity index (χ3n) is 3.10. The summed E-state index contributed by atoms with van der Waals surface area (Å²) in [6.45, 7) is 9.16. The summed E-state index contributed by atoms with van der Waals surface area (Å²) >= 11 is 0. The zero-order valence-electron chi connectivity index (χ0n) is 13.3. The van der Waals surface area contributed by atoms with Crippen LogP contribution in [0.1, 0.15) is 34.6 Å². The molecule has 1 atom stereocenters. The molecule has 21 heavy (non-hydrogen) atoms. The SMILES string of the molecule is CC(C)C(=O)N1CCN(C(=O)OC(C)(C)C)C(C(=O)O)C1. The highest BCUT2D eigenvalue weighted by Gasteiger charge is 2.39. The molecule has 7 nitrogen and oxygen atoms in total. The fourth-order valence-corrected chi connectivity index (χ4v) is 2.10. The van der Waals surface area contributed by atoms with Gasteiger partial charge in [0.1, 0.15) is 11.6 Å². The van der Waals surface area contributed by atoms with Crippen LogP contribution in [0.3, 0.4) is 0 Å². The third kappa shape index (κ3) is 4.61. The van der Waals surface area contributed by atoms with E-state index in [2.05, 4.69) is 0 Å². The van der Waals surface area contributed by atoms with Gasteiger partial charge in [0.2, 0.25) is 5.91 Å². The highest BCUT2D eigenvalue weighted by atomic mass is 16.6. The van der Waals surface area contributed by atoms with E-state index in [0.29, 0.717) is 6.54 Å². The maximum Gasteiger partial charge on any atom is 0.411 e. The van der Waals surface area contributed by atoms with Gasteiger partial charge in [0, 0.05) is 19.0 Å². The molecule has 1 aliphatic rings. The molecule has 1 saturated heterocycles. The zero-order chi connectivity index (χ0) is 16.4. The predicted octanol–water partition coefficient (Wildman–Crippen LogP) is 1.17. The molecule has 0 saturated carbocycles. The number of carbonyl (C=O) groups excluding carboxylic acids is 2. The van der Waals surface area contributed by atoms with Gasteiger partial charge in [-0.25, -0.2) is 9.59 Å². The molecule has 0 bridgehead atoms. The quantitative estimate of drug-likeness (QED) is 0.827. The van der Waals surface area contributed by atoms with E-state index >= 15 is 0 Å². The molecular formula is C14H24N2O5. The molecule has 0 aromatic rings. The number of hydrogen-bond donors (Lipinski definition) is 1. The molecule has 1 aliphatic heterocycles. The lowest BCUT2D eigenvalue weighted by molar-refractivity contribution is -0.149. The lowest BCUT2D eigenvalue weighted by Crippen LogP contribution is -2.60. The van der Waals surface area contributed by atoms with Crippen molar-refractivity contribution in [3.8, 4) is 0 Å².